The second-order valence-corrected chi connectivity index (χ2v) is 10.4. The molecule has 33 heavy (non-hydrogen) atoms. The maximum Gasteiger partial charge on any atom is 0.244 e. The molecule has 0 radical (unpaired) electrons. The minimum atomic E-state index is -3.80. The van der Waals surface area contributed by atoms with Gasteiger partial charge < -0.3 is 10.2 Å². The van der Waals surface area contributed by atoms with Crippen LogP contribution in [0.15, 0.2) is 42.5 Å². The second-order valence-electron chi connectivity index (χ2n) is 7.67. The van der Waals surface area contributed by atoms with Gasteiger partial charge in [0.05, 0.1) is 11.9 Å². The van der Waals surface area contributed by atoms with Crippen molar-refractivity contribution in [3.63, 3.8) is 0 Å². The van der Waals surface area contributed by atoms with Crippen LogP contribution in [-0.4, -0.2) is 50.5 Å². The van der Waals surface area contributed by atoms with E-state index in [0.29, 0.717) is 34.3 Å². The molecule has 0 heterocycles. The first kappa shape index (κ1) is 27.0. The van der Waals surface area contributed by atoms with Gasteiger partial charge in [-0.05, 0) is 61.7 Å². The zero-order valence-corrected chi connectivity index (χ0v) is 21.5. The molecule has 1 N–H and O–H groups in total. The molecule has 7 nitrogen and oxygen atoms in total. The van der Waals surface area contributed by atoms with Crippen molar-refractivity contribution in [3.05, 3.63) is 63.6 Å². The second kappa shape index (κ2) is 11.7. The summed E-state index contributed by atoms with van der Waals surface area (Å²) >= 11 is 12.0. The lowest BCUT2D eigenvalue weighted by molar-refractivity contribution is -0.140. The molecule has 2 aromatic rings. The molecular formula is C23H29Cl2N3O4S. The number of halogens is 2. The maximum atomic E-state index is 13.5. The minimum Gasteiger partial charge on any atom is -0.355 e. The van der Waals surface area contributed by atoms with E-state index in [-0.39, 0.29) is 12.5 Å². The van der Waals surface area contributed by atoms with Crippen LogP contribution >= 0.6 is 23.2 Å². The highest BCUT2D eigenvalue weighted by Crippen LogP contribution is 2.26. The molecule has 0 saturated heterocycles. The Bertz CT molecular complexity index is 1090. The topological polar surface area (TPSA) is 86.8 Å². The molecule has 0 unspecified atom stereocenters. The number of sulfonamides is 1. The number of likely N-dealkylation sites (N-methyl/N-ethyl adjacent to an activating group) is 1. The van der Waals surface area contributed by atoms with Crippen molar-refractivity contribution in [1.82, 2.24) is 10.2 Å². The van der Waals surface area contributed by atoms with Gasteiger partial charge in [-0.1, -0.05) is 42.3 Å². The number of hydrogen-bond donors (Lipinski definition) is 1. The van der Waals surface area contributed by atoms with Crippen LogP contribution in [0, 0.1) is 6.92 Å². The van der Waals surface area contributed by atoms with Gasteiger partial charge in [-0.15, -0.1) is 0 Å². The molecule has 0 aromatic heterocycles. The number of hydrogen-bond acceptors (Lipinski definition) is 4. The van der Waals surface area contributed by atoms with E-state index in [1.54, 1.807) is 63.2 Å². The molecule has 0 saturated carbocycles. The molecule has 180 valence electrons. The molecular weight excluding hydrogens is 485 g/mol. The van der Waals surface area contributed by atoms with Crippen LogP contribution in [0.3, 0.4) is 0 Å². The van der Waals surface area contributed by atoms with Crippen molar-refractivity contribution in [1.29, 1.82) is 0 Å². The molecule has 10 heteroatoms. The van der Waals surface area contributed by atoms with Gasteiger partial charge in [-0.2, -0.15) is 0 Å². The van der Waals surface area contributed by atoms with Gasteiger partial charge in [0.2, 0.25) is 21.8 Å². The van der Waals surface area contributed by atoms with E-state index in [2.05, 4.69) is 5.32 Å². The number of carbonyl (C=O) groups is 2. The van der Waals surface area contributed by atoms with E-state index < -0.39 is 28.5 Å². The first-order valence-corrected chi connectivity index (χ1v) is 13.1. The Kier molecular flexibility index (Phi) is 9.57. The Morgan fingerprint density at radius 2 is 1.64 bits per heavy atom. The number of anilines is 1. The van der Waals surface area contributed by atoms with Gasteiger partial charge in [0, 0.05) is 23.1 Å². The fourth-order valence-corrected chi connectivity index (χ4v) is 4.75. The monoisotopic (exact) mass is 513 g/mol. The third kappa shape index (κ3) is 7.35. The highest BCUT2D eigenvalue weighted by molar-refractivity contribution is 7.92. The highest BCUT2D eigenvalue weighted by atomic mass is 35.5. The van der Waals surface area contributed by atoms with Crippen LogP contribution in [0.5, 0.6) is 0 Å². The fraction of sp³-hybridized carbons (Fsp3) is 0.391. The average Bonchev–Trinajstić information content (AvgIpc) is 2.73. The van der Waals surface area contributed by atoms with E-state index in [4.69, 9.17) is 23.2 Å². The van der Waals surface area contributed by atoms with Crippen LogP contribution < -0.4 is 9.62 Å². The highest BCUT2D eigenvalue weighted by Gasteiger charge is 2.31. The molecule has 2 amide bonds. The van der Waals surface area contributed by atoms with Gasteiger partial charge in [0.1, 0.15) is 12.6 Å². The molecule has 1 atom stereocenters. The van der Waals surface area contributed by atoms with E-state index >= 15 is 0 Å². The molecule has 2 aromatic carbocycles. The number of nitrogens with zero attached hydrogens (tertiary/aromatic N) is 2. The predicted molar refractivity (Wildman–Crippen MR) is 133 cm³/mol. The Balaban J connectivity index is 2.45. The van der Waals surface area contributed by atoms with E-state index in [1.165, 1.54) is 4.90 Å². The van der Waals surface area contributed by atoms with Gasteiger partial charge in [-0.3, -0.25) is 13.9 Å². The van der Waals surface area contributed by atoms with Crippen molar-refractivity contribution in [2.45, 2.75) is 39.8 Å². The summed E-state index contributed by atoms with van der Waals surface area (Å²) in [4.78, 5) is 27.7. The summed E-state index contributed by atoms with van der Waals surface area (Å²) in [5.74, 6) is -0.793. The van der Waals surface area contributed by atoms with Crippen molar-refractivity contribution in [3.8, 4) is 0 Å². The summed E-state index contributed by atoms with van der Waals surface area (Å²) in [6.45, 7) is 5.41. The number of carbonyl (C=O) groups excluding carboxylic acids is 2. The summed E-state index contributed by atoms with van der Waals surface area (Å²) in [5, 5.41) is 3.77. The third-order valence-electron chi connectivity index (χ3n) is 5.11. The summed E-state index contributed by atoms with van der Waals surface area (Å²) < 4.78 is 26.3. The van der Waals surface area contributed by atoms with Crippen molar-refractivity contribution in [2.75, 3.05) is 23.7 Å². The lowest BCUT2D eigenvalue weighted by Gasteiger charge is -2.33. The van der Waals surface area contributed by atoms with Gasteiger partial charge in [0.15, 0.2) is 0 Å². The standard InChI is InChI=1S/C23H29Cl2N3O4S/c1-5-20(23(30)26-6-2)27(14-17-7-9-18(24)10-8-17)22(29)15-28(33(4,31)32)21-12-11-19(25)13-16(21)3/h7-13,20H,5-6,14-15H2,1-4H3,(H,26,30)/t20-/m0/s1. The lowest BCUT2D eigenvalue weighted by Crippen LogP contribution is -2.52. The summed E-state index contributed by atoms with van der Waals surface area (Å²) in [6, 6.07) is 10.9. The Morgan fingerprint density at radius 1 is 1.03 bits per heavy atom. The van der Waals surface area contributed by atoms with Gasteiger partial charge >= 0.3 is 0 Å². The smallest absolute Gasteiger partial charge is 0.244 e. The average molecular weight is 514 g/mol. The zero-order valence-electron chi connectivity index (χ0n) is 19.1. The Hall–Kier alpha value is -2.29. The summed E-state index contributed by atoms with van der Waals surface area (Å²) in [7, 11) is -3.80. The third-order valence-corrected chi connectivity index (χ3v) is 6.72. The Labute approximate surface area is 205 Å². The number of amides is 2. The molecule has 0 fully saturated rings. The van der Waals surface area contributed by atoms with E-state index in [0.717, 1.165) is 16.1 Å². The maximum absolute atomic E-state index is 13.5. The zero-order chi connectivity index (χ0) is 24.8. The van der Waals surface area contributed by atoms with Crippen LogP contribution in [-0.2, 0) is 26.2 Å². The van der Waals surface area contributed by atoms with E-state index in [9.17, 15) is 18.0 Å². The molecule has 0 aliphatic heterocycles. The van der Waals surface area contributed by atoms with Crippen molar-refractivity contribution < 1.29 is 18.0 Å². The van der Waals surface area contributed by atoms with Crippen molar-refractivity contribution in [2.24, 2.45) is 0 Å². The summed E-state index contributed by atoms with van der Waals surface area (Å²) in [5.41, 5.74) is 1.73. The van der Waals surface area contributed by atoms with Crippen LogP contribution in [0.1, 0.15) is 31.4 Å². The molecule has 0 spiro atoms. The van der Waals surface area contributed by atoms with Gasteiger partial charge in [-0.25, -0.2) is 8.42 Å². The largest absolute Gasteiger partial charge is 0.355 e. The lowest BCUT2D eigenvalue weighted by atomic mass is 10.1. The minimum absolute atomic E-state index is 0.128. The number of aryl methyl sites for hydroxylation is 1. The Morgan fingerprint density at radius 3 is 2.15 bits per heavy atom. The fourth-order valence-electron chi connectivity index (χ4n) is 3.49. The predicted octanol–water partition coefficient (Wildman–Crippen LogP) is 4.01. The number of benzene rings is 2. The van der Waals surface area contributed by atoms with Crippen LogP contribution in [0.4, 0.5) is 5.69 Å². The summed E-state index contributed by atoms with van der Waals surface area (Å²) in [6.07, 6.45) is 1.41. The van der Waals surface area contributed by atoms with Crippen LogP contribution in [0.25, 0.3) is 0 Å². The molecule has 0 aliphatic carbocycles. The van der Waals surface area contributed by atoms with Gasteiger partial charge in [0.25, 0.3) is 0 Å². The first-order chi connectivity index (χ1) is 15.5. The van der Waals surface area contributed by atoms with Crippen LogP contribution in [0.2, 0.25) is 10.0 Å². The normalized spacial score (nSPS) is 12.2. The molecule has 0 bridgehead atoms. The number of rotatable bonds is 10. The number of nitrogens with one attached hydrogen (secondary N) is 1. The quantitative estimate of drug-likeness (QED) is 0.519. The van der Waals surface area contributed by atoms with E-state index in [1.807, 2.05) is 0 Å². The SMILES string of the molecule is CCNC(=O)[C@H](CC)N(Cc1ccc(Cl)cc1)C(=O)CN(c1ccc(Cl)cc1C)S(C)(=O)=O. The molecule has 0 aliphatic rings. The molecule has 2 rings (SSSR count). The van der Waals surface area contributed by atoms with Crippen molar-refractivity contribution >= 4 is 50.7 Å². The first-order valence-electron chi connectivity index (χ1n) is 10.5.